The fraction of sp³-hybridized carbons (Fsp3) is 0.200. The number of nitrogens with two attached hydrogens (primary N) is 1. The van der Waals surface area contributed by atoms with E-state index in [0.717, 1.165) is 47.0 Å². The third kappa shape index (κ3) is 6.22. The number of amides is 2. The number of carbonyl (C=O) groups excluding carboxylic acids is 2. The molecule has 9 nitrogen and oxygen atoms in total. The van der Waals surface area contributed by atoms with Crippen molar-refractivity contribution in [1.82, 2.24) is 14.9 Å². The molecule has 1 aromatic heterocycles. The van der Waals surface area contributed by atoms with Crippen LogP contribution in [0, 0.1) is 0 Å². The van der Waals surface area contributed by atoms with Crippen LogP contribution in [-0.2, 0) is 11.3 Å². The molecule has 2 amide bonds. The van der Waals surface area contributed by atoms with E-state index in [0.29, 0.717) is 31.1 Å². The van der Waals surface area contributed by atoms with E-state index in [-0.39, 0.29) is 11.8 Å². The number of hydrogen-bond acceptors (Lipinski definition) is 7. The summed E-state index contributed by atoms with van der Waals surface area (Å²) in [4.78, 5) is 37.4. The van der Waals surface area contributed by atoms with Crippen LogP contribution in [0.15, 0.2) is 85.1 Å². The topological polar surface area (TPSA) is 116 Å². The molecule has 9 heteroatoms. The maximum absolute atomic E-state index is 13.0. The summed E-state index contributed by atoms with van der Waals surface area (Å²) in [6.45, 7) is 4.67. The van der Waals surface area contributed by atoms with E-state index in [1.54, 1.807) is 6.20 Å². The maximum atomic E-state index is 13.0. The molecule has 1 aliphatic rings. The van der Waals surface area contributed by atoms with Gasteiger partial charge in [0.15, 0.2) is 0 Å². The largest absolute Gasteiger partial charge is 0.368 e. The lowest BCUT2D eigenvalue weighted by atomic mass is 10.1. The minimum atomic E-state index is -0.107. The summed E-state index contributed by atoms with van der Waals surface area (Å²) >= 11 is 0. The molecule has 198 valence electrons. The third-order valence-corrected chi connectivity index (χ3v) is 6.68. The van der Waals surface area contributed by atoms with E-state index in [1.807, 2.05) is 71.6 Å². The predicted octanol–water partition coefficient (Wildman–Crippen LogP) is 4.27. The number of nitrogens with zero attached hydrogens (tertiary/aromatic N) is 4. The van der Waals surface area contributed by atoms with Crippen molar-refractivity contribution in [1.29, 1.82) is 0 Å². The highest BCUT2D eigenvalue weighted by Gasteiger charge is 2.23. The van der Waals surface area contributed by atoms with Gasteiger partial charge in [0.25, 0.3) is 5.91 Å². The first-order valence-electron chi connectivity index (χ1n) is 12.9. The number of piperazine rings is 1. The Morgan fingerprint density at radius 1 is 0.872 bits per heavy atom. The lowest BCUT2D eigenvalue weighted by molar-refractivity contribution is -0.114. The van der Waals surface area contributed by atoms with E-state index in [2.05, 4.69) is 37.6 Å². The molecule has 1 aliphatic heterocycles. The van der Waals surface area contributed by atoms with Crippen LogP contribution in [0.25, 0.3) is 11.3 Å². The van der Waals surface area contributed by atoms with Gasteiger partial charge in [-0.3, -0.25) is 9.59 Å². The molecule has 0 spiro atoms. The Morgan fingerprint density at radius 2 is 1.56 bits per heavy atom. The van der Waals surface area contributed by atoms with Crippen LogP contribution < -0.4 is 21.3 Å². The standard InChI is InChI=1S/C30H31N7O2/c1-21(38)33-24-8-6-22(7-9-24)28-14-15-32-30(35-28)34-25-10-12-26(13-11-25)36-16-18-37(19-17-36)29(39)27-5-3-2-4-23(27)20-31/h2-15H,16-20,31H2,1H3,(H,33,38)(H,32,34,35). The van der Waals surface area contributed by atoms with Gasteiger partial charge in [-0.2, -0.15) is 0 Å². The molecule has 1 saturated heterocycles. The van der Waals surface area contributed by atoms with E-state index in [1.165, 1.54) is 6.92 Å². The van der Waals surface area contributed by atoms with Crippen LogP contribution in [0.4, 0.5) is 23.0 Å². The Hall–Kier alpha value is -4.76. The van der Waals surface area contributed by atoms with Crippen LogP contribution in [-0.4, -0.2) is 52.9 Å². The normalized spacial score (nSPS) is 13.2. The number of aromatic nitrogens is 2. The van der Waals surface area contributed by atoms with Crippen LogP contribution in [0.2, 0.25) is 0 Å². The molecule has 5 rings (SSSR count). The van der Waals surface area contributed by atoms with Gasteiger partial charge in [0, 0.05) is 74.0 Å². The molecule has 4 aromatic rings. The van der Waals surface area contributed by atoms with Gasteiger partial charge in [0.2, 0.25) is 11.9 Å². The fourth-order valence-electron chi connectivity index (χ4n) is 4.64. The number of benzene rings is 3. The molecule has 0 aliphatic carbocycles. The molecule has 0 radical (unpaired) electrons. The first-order chi connectivity index (χ1) is 19.0. The number of hydrogen-bond donors (Lipinski definition) is 3. The highest BCUT2D eigenvalue weighted by Crippen LogP contribution is 2.24. The van der Waals surface area contributed by atoms with Gasteiger partial charge in [-0.1, -0.05) is 30.3 Å². The molecule has 0 bridgehead atoms. The van der Waals surface area contributed by atoms with Gasteiger partial charge in [-0.05, 0) is 54.1 Å². The van der Waals surface area contributed by atoms with E-state index in [9.17, 15) is 9.59 Å². The smallest absolute Gasteiger partial charge is 0.254 e. The first kappa shape index (κ1) is 25.9. The second-order valence-corrected chi connectivity index (χ2v) is 9.34. The Balaban J connectivity index is 1.19. The zero-order valence-corrected chi connectivity index (χ0v) is 21.8. The van der Waals surface area contributed by atoms with Crippen molar-refractivity contribution in [2.45, 2.75) is 13.5 Å². The van der Waals surface area contributed by atoms with Crippen molar-refractivity contribution in [2.24, 2.45) is 5.73 Å². The lowest BCUT2D eigenvalue weighted by Crippen LogP contribution is -2.49. The molecule has 0 atom stereocenters. The van der Waals surface area contributed by atoms with Gasteiger partial charge in [-0.25, -0.2) is 9.97 Å². The van der Waals surface area contributed by atoms with Crippen LogP contribution in [0.5, 0.6) is 0 Å². The fourth-order valence-corrected chi connectivity index (χ4v) is 4.64. The van der Waals surface area contributed by atoms with Crippen molar-refractivity contribution in [3.63, 3.8) is 0 Å². The Bertz CT molecular complexity index is 1450. The highest BCUT2D eigenvalue weighted by molar-refractivity contribution is 5.96. The summed E-state index contributed by atoms with van der Waals surface area (Å²) in [6, 6.07) is 25.1. The van der Waals surface area contributed by atoms with Gasteiger partial charge in [0.05, 0.1) is 5.69 Å². The highest BCUT2D eigenvalue weighted by atomic mass is 16.2. The summed E-state index contributed by atoms with van der Waals surface area (Å²) in [5, 5.41) is 6.04. The van der Waals surface area contributed by atoms with Crippen molar-refractivity contribution in [2.75, 3.05) is 41.7 Å². The van der Waals surface area contributed by atoms with E-state index < -0.39 is 0 Å². The molecule has 1 fully saturated rings. The van der Waals surface area contributed by atoms with E-state index >= 15 is 0 Å². The zero-order valence-electron chi connectivity index (χ0n) is 21.8. The van der Waals surface area contributed by atoms with Gasteiger partial charge >= 0.3 is 0 Å². The van der Waals surface area contributed by atoms with Gasteiger partial charge in [-0.15, -0.1) is 0 Å². The quantitative estimate of drug-likeness (QED) is 0.333. The van der Waals surface area contributed by atoms with Gasteiger partial charge < -0.3 is 26.2 Å². The SMILES string of the molecule is CC(=O)Nc1ccc(-c2ccnc(Nc3ccc(N4CCN(C(=O)c5ccccc5CN)CC4)cc3)n2)cc1. The van der Waals surface area contributed by atoms with Crippen molar-refractivity contribution < 1.29 is 9.59 Å². The minimum Gasteiger partial charge on any atom is -0.368 e. The Morgan fingerprint density at radius 3 is 2.26 bits per heavy atom. The Labute approximate surface area is 227 Å². The zero-order chi connectivity index (χ0) is 27.2. The van der Waals surface area contributed by atoms with Crippen molar-refractivity contribution >= 4 is 34.8 Å². The third-order valence-electron chi connectivity index (χ3n) is 6.68. The molecule has 0 unspecified atom stereocenters. The van der Waals surface area contributed by atoms with E-state index in [4.69, 9.17) is 5.73 Å². The molecule has 2 heterocycles. The number of nitrogens with one attached hydrogen (secondary N) is 2. The molecular formula is C30H31N7O2. The first-order valence-corrected chi connectivity index (χ1v) is 12.9. The maximum Gasteiger partial charge on any atom is 0.254 e. The monoisotopic (exact) mass is 521 g/mol. The van der Waals surface area contributed by atoms with Crippen LogP contribution in [0.1, 0.15) is 22.8 Å². The Kier molecular flexibility index (Phi) is 7.79. The minimum absolute atomic E-state index is 0.0427. The lowest BCUT2D eigenvalue weighted by Gasteiger charge is -2.36. The predicted molar refractivity (Wildman–Crippen MR) is 154 cm³/mol. The summed E-state index contributed by atoms with van der Waals surface area (Å²) < 4.78 is 0. The molecular weight excluding hydrogens is 490 g/mol. The second-order valence-electron chi connectivity index (χ2n) is 9.34. The van der Waals surface area contributed by atoms with Crippen LogP contribution >= 0.6 is 0 Å². The number of rotatable bonds is 7. The average molecular weight is 522 g/mol. The summed E-state index contributed by atoms with van der Waals surface area (Å²) in [5.74, 6) is 0.432. The van der Waals surface area contributed by atoms with Crippen molar-refractivity contribution in [3.05, 3.63) is 96.2 Å². The number of anilines is 4. The molecule has 4 N–H and O–H groups in total. The molecule has 3 aromatic carbocycles. The average Bonchev–Trinajstić information content (AvgIpc) is 2.97. The molecule has 39 heavy (non-hydrogen) atoms. The van der Waals surface area contributed by atoms with Crippen molar-refractivity contribution in [3.8, 4) is 11.3 Å². The summed E-state index contributed by atoms with van der Waals surface area (Å²) in [5.41, 5.74) is 11.8. The van der Waals surface area contributed by atoms with Gasteiger partial charge in [0.1, 0.15) is 0 Å². The molecule has 0 saturated carbocycles. The van der Waals surface area contributed by atoms with Crippen LogP contribution in [0.3, 0.4) is 0 Å². The summed E-state index contributed by atoms with van der Waals surface area (Å²) in [6.07, 6.45) is 1.72. The second kappa shape index (κ2) is 11.7. The summed E-state index contributed by atoms with van der Waals surface area (Å²) in [7, 11) is 0. The number of carbonyl (C=O) groups is 2.